The van der Waals surface area contributed by atoms with Gasteiger partial charge in [-0.25, -0.2) is 9.97 Å². The van der Waals surface area contributed by atoms with Crippen molar-refractivity contribution in [2.45, 2.75) is 19.9 Å². The maximum Gasteiger partial charge on any atom is 0.252 e. The molecule has 3 rings (SSSR count). The number of aromatic nitrogens is 4. The minimum Gasteiger partial charge on any atom is -0.337 e. The minimum atomic E-state index is -0.539. The zero-order chi connectivity index (χ0) is 19.4. The number of nitrogens with one attached hydrogen (secondary N) is 2. The van der Waals surface area contributed by atoms with E-state index >= 15 is 0 Å². The van der Waals surface area contributed by atoms with Crippen LogP contribution in [-0.2, 0) is 7.05 Å². The summed E-state index contributed by atoms with van der Waals surface area (Å²) in [7, 11) is 1.83. The van der Waals surface area contributed by atoms with E-state index in [0.29, 0.717) is 11.5 Å². The summed E-state index contributed by atoms with van der Waals surface area (Å²) in [4.78, 5) is 21.0. The maximum atomic E-state index is 12.1. The molecule has 136 valence electrons. The van der Waals surface area contributed by atoms with Crippen molar-refractivity contribution in [3.8, 4) is 17.3 Å². The van der Waals surface area contributed by atoms with Gasteiger partial charge >= 0.3 is 0 Å². The van der Waals surface area contributed by atoms with Crippen LogP contribution in [0.4, 0.5) is 11.6 Å². The summed E-state index contributed by atoms with van der Waals surface area (Å²) in [6, 6.07) is 8.52. The molecule has 0 spiro atoms. The number of nitriles is 1. The molecule has 0 bridgehead atoms. The summed E-state index contributed by atoms with van der Waals surface area (Å²) < 4.78 is 1.69. The molecule has 2 N–H and O–H groups in total. The van der Waals surface area contributed by atoms with Crippen molar-refractivity contribution in [1.82, 2.24) is 25.1 Å². The van der Waals surface area contributed by atoms with E-state index in [2.05, 4.69) is 25.7 Å². The third-order valence-electron chi connectivity index (χ3n) is 3.89. The molecular formula is C19H19N7O. The second-order valence-electron chi connectivity index (χ2n) is 6.15. The van der Waals surface area contributed by atoms with E-state index in [1.807, 2.05) is 38.4 Å². The number of carbonyl (C=O) groups is 1. The fourth-order valence-electron chi connectivity index (χ4n) is 2.50. The highest BCUT2D eigenvalue weighted by molar-refractivity contribution is 5.95. The number of hydrogen-bond acceptors (Lipinski definition) is 6. The molecule has 0 saturated carbocycles. The number of hydrogen-bond donors (Lipinski definition) is 2. The molecule has 0 fully saturated rings. The normalized spacial score (nSPS) is 11.5. The van der Waals surface area contributed by atoms with Gasteiger partial charge in [-0.2, -0.15) is 10.4 Å². The average Bonchev–Trinajstić information content (AvgIpc) is 3.08. The van der Waals surface area contributed by atoms with E-state index in [0.717, 1.165) is 22.5 Å². The van der Waals surface area contributed by atoms with Gasteiger partial charge in [-0.3, -0.25) is 9.48 Å². The molecule has 8 nitrogen and oxygen atoms in total. The SMILES string of the molecule is Cc1cnc(Nc2cnn(C)c2)nc1-c1ccc(C(=O)NC(C)C#N)cc1. The Morgan fingerprint density at radius 3 is 2.63 bits per heavy atom. The molecule has 2 heterocycles. The van der Waals surface area contributed by atoms with Crippen LogP contribution in [0.15, 0.2) is 42.9 Å². The Morgan fingerprint density at radius 1 is 1.26 bits per heavy atom. The van der Waals surface area contributed by atoms with E-state index in [4.69, 9.17) is 5.26 Å². The first kappa shape index (κ1) is 18.1. The van der Waals surface area contributed by atoms with Crippen LogP contribution in [0.3, 0.4) is 0 Å². The zero-order valence-electron chi connectivity index (χ0n) is 15.3. The summed E-state index contributed by atoms with van der Waals surface area (Å²) in [6.45, 7) is 3.56. The summed E-state index contributed by atoms with van der Waals surface area (Å²) in [5, 5.41) is 18.6. The number of nitrogens with zero attached hydrogens (tertiary/aromatic N) is 5. The predicted octanol–water partition coefficient (Wildman–Crippen LogP) is 2.57. The Balaban J connectivity index is 1.82. The van der Waals surface area contributed by atoms with Crippen LogP contribution < -0.4 is 10.6 Å². The fraction of sp³-hybridized carbons (Fsp3) is 0.211. The van der Waals surface area contributed by atoms with Gasteiger partial charge in [0.1, 0.15) is 6.04 Å². The fourth-order valence-corrected chi connectivity index (χ4v) is 2.50. The van der Waals surface area contributed by atoms with Crippen LogP contribution in [0.1, 0.15) is 22.8 Å². The molecule has 0 aliphatic heterocycles. The lowest BCUT2D eigenvalue weighted by molar-refractivity contribution is 0.0948. The van der Waals surface area contributed by atoms with Crippen molar-refractivity contribution in [1.29, 1.82) is 5.26 Å². The van der Waals surface area contributed by atoms with Gasteiger partial charge in [-0.15, -0.1) is 0 Å². The highest BCUT2D eigenvalue weighted by atomic mass is 16.1. The summed E-state index contributed by atoms with van der Waals surface area (Å²) in [6.07, 6.45) is 5.27. The first-order valence-electron chi connectivity index (χ1n) is 8.36. The quantitative estimate of drug-likeness (QED) is 0.723. The molecule has 1 unspecified atom stereocenters. The van der Waals surface area contributed by atoms with Crippen LogP contribution in [0.2, 0.25) is 0 Å². The topological polar surface area (TPSA) is 109 Å². The van der Waals surface area contributed by atoms with E-state index < -0.39 is 6.04 Å². The Kier molecular flexibility index (Phi) is 5.13. The molecule has 1 amide bonds. The highest BCUT2D eigenvalue weighted by Crippen LogP contribution is 2.23. The van der Waals surface area contributed by atoms with Gasteiger partial charge in [-0.1, -0.05) is 12.1 Å². The molecule has 3 aromatic rings. The number of anilines is 2. The number of benzene rings is 1. The Bertz CT molecular complexity index is 1000. The lowest BCUT2D eigenvalue weighted by Crippen LogP contribution is -2.31. The Labute approximate surface area is 156 Å². The molecule has 1 aromatic carbocycles. The van der Waals surface area contributed by atoms with Gasteiger partial charge in [0.15, 0.2) is 0 Å². The summed E-state index contributed by atoms with van der Waals surface area (Å²) in [5.74, 6) is 0.183. The smallest absolute Gasteiger partial charge is 0.252 e. The molecule has 8 heteroatoms. The summed E-state index contributed by atoms with van der Waals surface area (Å²) >= 11 is 0. The van der Waals surface area contributed by atoms with E-state index in [-0.39, 0.29) is 5.91 Å². The number of carbonyl (C=O) groups excluding carboxylic acids is 1. The van der Waals surface area contributed by atoms with Gasteiger partial charge in [0.25, 0.3) is 5.91 Å². The van der Waals surface area contributed by atoms with E-state index in [9.17, 15) is 4.79 Å². The lowest BCUT2D eigenvalue weighted by Gasteiger charge is -2.10. The summed E-state index contributed by atoms with van der Waals surface area (Å²) in [5.41, 5.74) is 3.84. The van der Waals surface area contributed by atoms with Crippen LogP contribution >= 0.6 is 0 Å². The van der Waals surface area contributed by atoms with Crippen molar-refractivity contribution in [2.24, 2.45) is 7.05 Å². The molecular weight excluding hydrogens is 342 g/mol. The van der Waals surface area contributed by atoms with Crippen molar-refractivity contribution >= 4 is 17.5 Å². The molecule has 1 atom stereocenters. The van der Waals surface area contributed by atoms with E-state index in [1.54, 1.807) is 36.1 Å². The van der Waals surface area contributed by atoms with Crippen LogP contribution in [0.5, 0.6) is 0 Å². The van der Waals surface area contributed by atoms with Gasteiger partial charge in [0, 0.05) is 30.6 Å². The largest absolute Gasteiger partial charge is 0.337 e. The van der Waals surface area contributed by atoms with Crippen molar-refractivity contribution in [2.75, 3.05) is 5.32 Å². The molecule has 0 aliphatic rings. The van der Waals surface area contributed by atoms with E-state index in [1.165, 1.54) is 0 Å². The number of rotatable bonds is 5. The second kappa shape index (κ2) is 7.66. The Morgan fingerprint density at radius 2 is 2.00 bits per heavy atom. The maximum absolute atomic E-state index is 12.1. The Hall–Kier alpha value is -3.73. The molecule has 0 saturated heterocycles. The van der Waals surface area contributed by atoms with Gasteiger partial charge < -0.3 is 10.6 Å². The average molecular weight is 361 g/mol. The monoisotopic (exact) mass is 361 g/mol. The molecule has 0 aliphatic carbocycles. The van der Waals surface area contributed by atoms with Gasteiger partial charge in [-0.05, 0) is 31.5 Å². The van der Waals surface area contributed by atoms with Crippen LogP contribution in [0.25, 0.3) is 11.3 Å². The molecule has 27 heavy (non-hydrogen) atoms. The third-order valence-corrected chi connectivity index (χ3v) is 3.89. The predicted molar refractivity (Wildman–Crippen MR) is 101 cm³/mol. The molecule has 2 aromatic heterocycles. The van der Waals surface area contributed by atoms with Crippen LogP contribution in [0, 0.1) is 18.3 Å². The minimum absolute atomic E-state index is 0.283. The highest BCUT2D eigenvalue weighted by Gasteiger charge is 2.11. The van der Waals surface area contributed by atoms with Crippen molar-refractivity contribution < 1.29 is 4.79 Å². The number of amides is 1. The molecule has 0 radical (unpaired) electrons. The first-order chi connectivity index (χ1) is 13.0. The van der Waals surface area contributed by atoms with Crippen molar-refractivity contribution in [3.63, 3.8) is 0 Å². The van der Waals surface area contributed by atoms with Crippen LogP contribution in [-0.4, -0.2) is 31.7 Å². The first-order valence-corrected chi connectivity index (χ1v) is 8.36. The lowest BCUT2D eigenvalue weighted by atomic mass is 10.1. The van der Waals surface area contributed by atoms with Gasteiger partial charge in [0.05, 0.1) is 23.6 Å². The van der Waals surface area contributed by atoms with Crippen molar-refractivity contribution in [3.05, 3.63) is 54.0 Å². The zero-order valence-corrected chi connectivity index (χ0v) is 15.3. The standard InChI is InChI=1S/C19H19N7O/c1-12-9-21-19(24-16-10-22-26(3)11-16)25-17(12)14-4-6-15(7-5-14)18(27)23-13(2)8-20/h4-7,9-11,13H,1-3H3,(H,23,27)(H,21,24,25). The number of aryl methyl sites for hydroxylation is 2. The third kappa shape index (κ3) is 4.27. The second-order valence-corrected chi connectivity index (χ2v) is 6.15. The van der Waals surface area contributed by atoms with Gasteiger partial charge in [0.2, 0.25) is 5.95 Å².